The van der Waals surface area contributed by atoms with Gasteiger partial charge in [0.15, 0.2) is 11.3 Å². The summed E-state index contributed by atoms with van der Waals surface area (Å²) in [6.07, 6.45) is 9.49. The van der Waals surface area contributed by atoms with Crippen LogP contribution in [0, 0.1) is 0 Å². The van der Waals surface area contributed by atoms with E-state index in [1.54, 1.807) is 74.9 Å². The minimum Gasteiger partial charge on any atom is -0.496 e. The van der Waals surface area contributed by atoms with Crippen LogP contribution in [0.5, 0.6) is 11.5 Å². The Bertz CT molecular complexity index is 4800. The third-order valence-corrected chi connectivity index (χ3v) is 20.0. The molecule has 13 rings (SSSR count). The van der Waals surface area contributed by atoms with Gasteiger partial charge in [0.25, 0.3) is 23.6 Å². The number of piperazine rings is 1. The number of benzene rings is 6. The van der Waals surface area contributed by atoms with Gasteiger partial charge in [-0.05, 0) is 167 Å². The minimum absolute atomic E-state index is 0.242. The van der Waals surface area contributed by atoms with Gasteiger partial charge in [0.1, 0.15) is 17.8 Å². The lowest BCUT2D eigenvalue weighted by molar-refractivity contribution is 0.0903. The van der Waals surface area contributed by atoms with Crippen molar-refractivity contribution < 1.29 is 42.9 Å². The Balaban J connectivity index is 0.000000202. The lowest BCUT2D eigenvalue weighted by atomic mass is 9.99. The van der Waals surface area contributed by atoms with Crippen molar-refractivity contribution in [3.8, 4) is 33.8 Å². The van der Waals surface area contributed by atoms with Crippen molar-refractivity contribution in [2.75, 3.05) is 64.4 Å². The molecule has 107 heavy (non-hydrogen) atoms. The summed E-state index contributed by atoms with van der Waals surface area (Å²) in [6.45, 7) is 21.0. The number of carbonyl (C=O) groups is 5. The molecule has 4 amide bonds. The lowest BCUT2D eigenvalue weighted by Gasteiger charge is -2.36. The molecule has 3 saturated heterocycles. The van der Waals surface area contributed by atoms with Crippen LogP contribution in [0.25, 0.3) is 44.3 Å². The molecule has 0 saturated carbocycles. The quantitative estimate of drug-likeness (QED) is 0.0236. The summed E-state index contributed by atoms with van der Waals surface area (Å²) in [7, 11) is 3.27. The van der Waals surface area contributed by atoms with Crippen LogP contribution >= 0.6 is 0 Å². The first-order valence-corrected chi connectivity index (χ1v) is 37.4. The molecular weight excluding hydrogens is 1350 g/mol. The molecule has 0 bridgehead atoms. The number of aryl methyl sites for hydroxylation is 4. The summed E-state index contributed by atoms with van der Waals surface area (Å²) < 4.78 is 26.3. The zero-order chi connectivity index (χ0) is 74.9. The molecular formula is C84H98N14O9. The maximum Gasteiger partial charge on any atom is 0.251 e. The molecule has 3 fully saturated rings. The minimum atomic E-state index is -0.307. The first-order valence-electron chi connectivity index (χ1n) is 37.4. The molecule has 7 heterocycles. The van der Waals surface area contributed by atoms with Crippen molar-refractivity contribution in [3.63, 3.8) is 0 Å². The van der Waals surface area contributed by atoms with Crippen LogP contribution in [-0.4, -0.2) is 142 Å². The fraction of sp³-hybridized carbons (Fsp3) is 0.369. The van der Waals surface area contributed by atoms with E-state index < -0.39 is 0 Å². The van der Waals surface area contributed by atoms with E-state index in [9.17, 15) is 24.0 Å². The Kier molecular flexibility index (Phi) is 25.5. The predicted octanol–water partition coefficient (Wildman–Crippen LogP) is 12.3. The number of nitrogens with zero attached hydrogens (tertiary/aromatic N) is 7. The fourth-order valence-electron chi connectivity index (χ4n) is 14.5. The molecule has 23 nitrogen and oxygen atoms in total. The molecule has 0 unspecified atom stereocenters. The van der Waals surface area contributed by atoms with Crippen LogP contribution in [-0.2, 0) is 68.1 Å². The van der Waals surface area contributed by atoms with Crippen molar-refractivity contribution in [2.45, 2.75) is 150 Å². The summed E-state index contributed by atoms with van der Waals surface area (Å²) in [4.78, 5) is 77.7. The number of aromatic nitrogens is 6. The first-order chi connectivity index (χ1) is 52.1. The number of rotatable bonds is 27. The number of aldehydes is 1. The van der Waals surface area contributed by atoms with Crippen molar-refractivity contribution in [2.24, 2.45) is 0 Å². The van der Waals surface area contributed by atoms with Crippen molar-refractivity contribution in [1.29, 1.82) is 0 Å². The average molecular weight is 1450 g/mol. The van der Waals surface area contributed by atoms with E-state index in [-0.39, 0.29) is 55.3 Å². The van der Waals surface area contributed by atoms with Crippen LogP contribution < -0.4 is 46.7 Å². The Morgan fingerprint density at radius 2 is 0.935 bits per heavy atom. The second kappa shape index (κ2) is 36.0. The molecule has 7 N–H and O–H groups in total. The summed E-state index contributed by atoms with van der Waals surface area (Å²) >= 11 is 0. The summed E-state index contributed by atoms with van der Waals surface area (Å²) in [5, 5.41) is 34.4. The van der Waals surface area contributed by atoms with Gasteiger partial charge in [0.2, 0.25) is 0 Å². The molecule has 0 radical (unpaired) electrons. The van der Waals surface area contributed by atoms with Gasteiger partial charge in [-0.25, -0.2) is 19.3 Å². The van der Waals surface area contributed by atoms with E-state index in [4.69, 9.17) is 28.9 Å². The number of fused-ring (bicyclic) bond motifs is 2. The maximum atomic E-state index is 13.7. The van der Waals surface area contributed by atoms with Gasteiger partial charge in [-0.3, -0.25) is 28.9 Å². The number of hydrogen-bond donors (Lipinski definition) is 7. The molecule has 0 spiro atoms. The molecule has 6 aromatic carbocycles. The number of methoxy groups -OCH3 is 2. The van der Waals surface area contributed by atoms with Gasteiger partial charge in [-0.2, -0.15) is 10.2 Å². The monoisotopic (exact) mass is 1450 g/mol. The molecule has 10 aromatic rings. The van der Waals surface area contributed by atoms with Crippen LogP contribution in [0.4, 0.5) is 11.4 Å². The van der Waals surface area contributed by atoms with Crippen LogP contribution in [0.1, 0.15) is 158 Å². The Morgan fingerprint density at radius 1 is 0.514 bits per heavy atom. The smallest absolute Gasteiger partial charge is 0.251 e. The normalized spacial score (nSPS) is 15.6. The molecule has 2 atom stereocenters. The van der Waals surface area contributed by atoms with Crippen LogP contribution in [0.2, 0.25) is 0 Å². The molecule has 3 aliphatic rings. The van der Waals surface area contributed by atoms with Crippen LogP contribution in [0.3, 0.4) is 0 Å². The Morgan fingerprint density at radius 3 is 1.36 bits per heavy atom. The van der Waals surface area contributed by atoms with Gasteiger partial charge < -0.3 is 56.2 Å². The SMILES string of the molecule is CCc1nc2c(cnn2CC)c(NC2CCOCC2)c1CNC(=O)c1cccc(C(=O)NCc2ccc(OC)c(-c3cccc(C=O)c3)c2)c1.CCc1nc2c(cnn2CC)c(NC2CCOCC2)c1CNC(=O)c1cccc(C(=O)NCc2ccc(OC)c(-c3cccc(CN4C[C@@H](C)N[C@@H](C)C4)c3)c2)c1. The van der Waals surface area contributed by atoms with Gasteiger partial charge in [-0.15, -0.1) is 0 Å². The van der Waals surface area contributed by atoms with E-state index in [2.05, 4.69) is 117 Å². The zero-order valence-electron chi connectivity index (χ0n) is 62.5. The van der Waals surface area contributed by atoms with Gasteiger partial charge in [0, 0.05) is 171 Å². The lowest BCUT2D eigenvalue weighted by Crippen LogP contribution is -2.53. The Labute approximate surface area is 625 Å². The third-order valence-electron chi connectivity index (χ3n) is 20.0. The van der Waals surface area contributed by atoms with E-state index in [0.717, 1.165) is 147 Å². The highest BCUT2D eigenvalue weighted by Gasteiger charge is 2.27. The van der Waals surface area contributed by atoms with E-state index in [1.807, 2.05) is 71.1 Å². The predicted molar refractivity (Wildman–Crippen MR) is 417 cm³/mol. The standard InChI is InChI=1S/C45H56N8O4.C39H42N6O5/c1-6-40-38(42(50-36-16-18-57-19-17-36)39-25-48-53(7-2)43(39)51-40)24-47-45(55)35-13-9-12-34(22-35)44(54)46-23-31-14-15-41(56-5)37(21-31)33-11-8-10-32(20-33)28-52-26-29(3)49-30(4)27-52;1-4-34-32(36(43-30-14-16-50-17-15-30)33-23-42-45(5-2)37(33)44-34)22-41-39(48)29-11-7-10-28(20-29)38(47)40-21-25-12-13-35(49-3)31(19-25)27-9-6-8-26(18-27)24-46/h8-15,20-22,25,29-30,36,49H,6-7,16-19,23-24,26-28H2,1-5H3,(H,46,54)(H,47,55)(H,50,51);6-13,18-20,23-24,30H,4-5,14-17,21-22H2,1-3H3,(H,40,47)(H,41,48)(H,43,44)/t29-,30+;. The maximum absolute atomic E-state index is 13.7. The first kappa shape index (κ1) is 75.8. The Hall–Kier alpha value is -10.9. The number of pyridine rings is 2. The molecule has 0 aliphatic carbocycles. The number of ether oxygens (including phenoxy) is 4. The number of carbonyl (C=O) groups excluding carboxylic acids is 5. The number of hydrogen-bond acceptors (Lipinski definition) is 17. The molecule has 3 aliphatic heterocycles. The second-order valence-corrected chi connectivity index (χ2v) is 27.6. The number of anilines is 2. The highest BCUT2D eigenvalue weighted by Crippen LogP contribution is 2.36. The second-order valence-electron chi connectivity index (χ2n) is 27.6. The van der Waals surface area contributed by atoms with Crippen molar-refractivity contribution in [1.82, 2.24) is 61.0 Å². The molecule has 4 aromatic heterocycles. The van der Waals surface area contributed by atoms with Gasteiger partial charge in [0.05, 0.1) is 48.8 Å². The third kappa shape index (κ3) is 18.5. The largest absolute Gasteiger partial charge is 0.496 e. The van der Waals surface area contributed by atoms with E-state index in [0.29, 0.717) is 105 Å². The van der Waals surface area contributed by atoms with E-state index >= 15 is 0 Å². The number of amides is 4. The van der Waals surface area contributed by atoms with Crippen LogP contribution in [0.15, 0.2) is 146 Å². The van der Waals surface area contributed by atoms with Gasteiger partial charge >= 0.3 is 0 Å². The van der Waals surface area contributed by atoms with Crippen molar-refractivity contribution in [3.05, 3.63) is 213 Å². The average Bonchev–Trinajstić information content (AvgIpc) is 1.62. The fourth-order valence-corrected chi connectivity index (χ4v) is 14.5. The summed E-state index contributed by atoms with van der Waals surface area (Å²) in [5.74, 6) is 0.304. The van der Waals surface area contributed by atoms with E-state index in [1.165, 1.54) is 5.56 Å². The molecule has 23 heteroatoms. The topological polar surface area (TPSA) is 271 Å². The molecule has 558 valence electrons. The van der Waals surface area contributed by atoms with Gasteiger partial charge in [-0.1, -0.05) is 74.5 Å². The number of nitrogens with one attached hydrogen (secondary N) is 7. The van der Waals surface area contributed by atoms with Crippen molar-refractivity contribution >= 4 is 63.4 Å². The summed E-state index contributed by atoms with van der Waals surface area (Å²) in [5.41, 5.74) is 16.1. The zero-order valence-corrected chi connectivity index (χ0v) is 62.5. The summed E-state index contributed by atoms with van der Waals surface area (Å²) in [6, 6.07) is 42.5. The highest BCUT2D eigenvalue weighted by atomic mass is 16.5. The highest BCUT2D eigenvalue weighted by molar-refractivity contribution is 6.01.